The second kappa shape index (κ2) is 7.25. The van der Waals surface area contributed by atoms with Crippen LogP contribution in [0.2, 0.25) is 0 Å². The molecule has 0 aromatic heterocycles. The lowest BCUT2D eigenvalue weighted by atomic mass is 9.90. The highest BCUT2D eigenvalue weighted by Gasteiger charge is 2.39. The minimum absolute atomic E-state index is 0.0467. The number of carbonyl (C=O) groups excluding carboxylic acids is 1. The highest BCUT2D eigenvalue weighted by molar-refractivity contribution is 5.78. The number of aliphatic hydroxyl groups is 3. The van der Waals surface area contributed by atoms with Crippen LogP contribution in [0.1, 0.15) is 33.6 Å². The predicted molar refractivity (Wildman–Crippen MR) is 83.2 cm³/mol. The summed E-state index contributed by atoms with van der Waals surface area (Å²) in [5.41, 5.74) is 0. The minimum atomic E-state index is -1.06. The van der Waals surface area contributed by atoms with E-state index in [4.69, 9.17) is 0 Å². The molecule has 2 fully saturated rings. The summed E-state index contributed by atoms with van der Waals surface area (Å²) < 4.78 is 0. The number of hydrogen-bond donors (Lipinski definition) is 3. The van der Waals surface area contributed by atoms with Gasteiger partial charge in [0.05, 0.1) is 12.2 Å². The van der Waals surface area contributed by atoms with Crippen molar-refractivity contribution in [3.8, 4) is 0 Å². The Kier molecular flexibility index (Phi) is 5.82. The molecule has 0 bridgehead atoms. The van der Waals surface area contributed by atoms with Crippen molar-refractivity contribution in [2.75, 3.05) is 26.2 Å². The molecule has 0 spiro atoms. The zero-order chi connectivity index (χ0) is 16.4. The summed E-state index contributed by atoms with van der Waals surface area (Å²) >= 11 is 0. The molecule has 0 radical (unpaired) electrons. The molecule has 22 heavy (non-hydrogen) atoms. The van der Waals surface area contributed by atoms with Crippen molar-refractivity contribution in [3.05, 3.63) is 0 Å². The monoisotopic (exact) mass is 314 g/mol. The van der Waals surface area contributed by atoms with E-state index in [0.29, 0.717) is 12.5 Å². The van der Waals surface area contributed by atoms with Gasteiger partial charge in [0.1, 0.15) is 6.10 Å². The van der Waals surface area contributed by atoms with Crippen LogP contribution in [0.5, 0.6) is 0 Å². The van der Waals surface area contributed by atoms with Gasteiger partial charge in [-0.25, -0.2) is 0 Å². The number of amides is 1. The summed E-state index contributed by atoms with van der Waals surface area (Å²) in [6.07, 6.45) is -0.954. The van der Waals surface area contributed by atoms with Gasteiger partial charge in [0.25, 0.3) is 0 Å². The maximum atomic E-state index is 12.0. The lowest BCUT2D eigenvalue weighted by Crippen LogP contribution is -2.61. The topological polar surface area (TPSA) is 84.2 Å². The van der Waals surface area contributed by atoms with E-state index in [9.17, 15) is 20.1 Å². The molecule has 6 heteroatoms. The summed E-state index contributed by atoms with van der Waals surface area (Å²) in [5, 5.41) is 29.5. The molecule has 128 valence electrons. The van der Waals surface area contributed by atoms with E-state index >= 15 is 0 Å². The third-order valence-electron chi connectivity index (χ3n) is 5.15. The van der Waals surface area contributed by atoms with E-state index in [1.165, 1.54) is 0 Å². The highest BCUT2D eigenvalue weighted by atomic mass is 16.4. The van der Waals surface area contributed by atoms with E-state index in [2.05, 4.69) is 4.90 Å². The Balaban J connectivity index is 1.84. The first-order valence-electron chi connectivity index (χ1n) is 8.38. The first-order chi connectivity index (χ1) is 10.3. The van der Waals surface area contributed by atoms with Crippen molar-refractivity contribution in [2.45, 2.75) is 58.0 Å². The molecule has 0 saturated carbocycles. The Morgan fingerprint density at radius 1 is 1.14 bits per heavy atom. The summed E-state index contributed by atoms with van der Waals surface area (Å²) in [4.78, 5) is 16.0. The van der Waals surface area contributed by atoms with Crippen molar-refractivity contribution < 1.29 is 20.1 Å². The van der Waals surface area contributed by atoms with E-state index in [0.717, 1.165) is 32.5 Å². The van der Waals surface area contributed by atoms with Crippen LogP contribution in [0.15, 0.2) is 0 Å². The highest BCUT2D eigenvalue weighted by Crippen LogP contribution is 2.24. The molecular weight excluding hydrogens is 284 g/mol. The van der Waals surface area contributed by atoms with Crippen LogP contribution in [0, 0.1) is 11.8 Å². The lowest BCUT2D eigenvalue weighted by Gasteiger charge is -2.44. The van der Waals surface area contributed by atoms with Crippen LogP contribution in [0.25, 0.3) is 0 Å². The molecule has 6 nitrogen and oxygen atoms in total. The molecule has 2 saturated heterocycles. The van der Waals surface area contributed by atoms with Gasteiger partial charge in [-0.05, 0) is 25.7 Å². The van der Waals surface area contributed by atoms with Crippen LogP contribution in [-0.2, 0) is 4.79 Å². The van der Waals surface area contributed by atoms with E-state index < -0.39 is 18.3 Å². The van der Waals surface area contributed by atoms with Crippen molar-refractivity contribution in [3.63, 3.8) is 0 Å². The van der Waals surface area contributed by atoms with E-state index in [-0.39, 0.29) is 17.9 Å². The van der Waals surface area contributed by atoms with Gasteiger partial charge in [0.2, 0.25) is 5.91 Å². The smallest absolute Gasteiger partial charge is 0.225 e. The van der Waals surface area contributed by atoms with Gasteiger partial charge in [-0.3, -0.25) is 9.69 Å². The number of rotatable bonds is 3. The van der Waals surface area contributed by atoms with Crippen LogP contribution in [-0.4, -0.2) is 81.6 Å². The van der Waals surface area contributed by atoms with Gasteiger partial charge in [-0.15, -0.1) is 0 Å². The number of nitrogens with zero attached hydrogens (tertiary/aromatic N) is 2. The predicted octanol–water partition coefficient (Wildman–Crippen LogP) is -0.332. The van der Waals surface area contributed by atoms with Crippen LogP contribution in [0.4, 0.5) is 0 Å². The van der Waals surface area contributed by atoms with Crippen molar-refractivity contribution in [2.24, 2.45) is 11.8 Å². The number of carbonyl (C=O) groups is 1. The lowest BCUT2D eigenvalue weighted by molar-refractivity contribution is -0.139. The molecule has 0 unspecified atom stereocenters. The number of β-amino-alcohol motifs (C(OH)–C–C–N with tert-alkyl or cyclic N) is 1. The van der Waals surface area contributed by atoms with Crippen molar-refractivity contribution >= 4 is 5.91 Å². The number of hydrogen-bond acceptors (Lipinski definition) is 5. The molecule has 4 atom stereocenters. The Morgan fingerprint density at radius 3 is 2.27 bits per heavy atom. The van der Waals surface area contributed by atoms with Gasteiger partial charge in [0, 0.05) is 38.1 Å². The molecule has 2 aliphatic rings. The van der Waals surface area contributed by atoms with Gasteiger partial charge in [-0.1, -0.05) is 13.8 Å². The molecule has 0 aliphatic carbocycles. The maximum Gasteiger partial charge on any atom is 0.225 e. The van der Waals surface area contributed by atoms with Gasteiger partial charge in [0.15, 0.2) is 0 Å². The molecular formula is C16H30N2O4. The quantitative estimate of drug-likeness (QED) is 0.664. The second-order valence-electron chi connectivity index (χ2n) is 7.17. The number of piperidine rings is 2. The first-order valence-corrected chi connectivity index (χ1v) is 8.38. The molecule has 2 heterocycles. The van der Waals surface area contributed by atoms with Gasteiger partial charge < -0.3 is 20.2 Å². The SMILES string of the molecule is CC(C)C(=O)N1CCC(CN2C[C@H](O)[C@@H](O)[C@H](O)[C@H]2C)CC1. The van der Waals surface area contributed by atoms with Crippen LogP contribution in [0.3, 0.4) is 0 Å². The summed E-state index contributed by atoms with van der Waals surface area (Å²) in [6.45, 7) is 8.51. The fourth-order valence-corrected chi connectivity index (χ4v) is 3.52. The molecule has 0 aromatic rings. The van der Waals surface area contributed by atoms with Gasteiger partial charge >= 0.3 is 0 Å². The zero-order valence-electron chi connectivity index (χ0n) is 13.9. The Morgan fingerprint density at radius 2 is 1.73 bits per heavy atom. The standard InChI is InChI=1S/C16H30N2O4/c1-10(2)16(22)17-6-4-12(5-7-17)8-18-9-13(19)15(21)14(20)11(18)3/h10-15,19-21H,4-9H2,1-3H3/t11-,13+,14-,15-/m1/s1. The normalized spacial score (nSPS) is 35.1. The molecule has 3 N–H and O–H groups in total. The van der Waals surface area contributed by atoms with Gasteiger partial charge in [-0.2, -0.15) is 0 Å². The molecule has 2 aliphatic heterocycles. The third-order valence-corrected chi connectivity index (χ3v) is 5.15. The Hall–Kier alpha value is -0.690. The minimum Gasteiger partial charge on any atom is -0.389 e. The molecule has 1 amide bonds. The number of likely N-dealkylation sites (tertiary alicyclic amines) is 2. The summed E-state index contributed by atoms with van der Waals surface area (Å²) in [7, 11) is 0. The van der Waals surface area contributed by atoms with E-state index in [1.54, 1.807) is 0 Å². The second-order valence-corrected chi connectivity index (χ2v) is 7.17. The van der Waals surface area contributed by atoms with E-state index in [1.807, 2.05) is 25.7 Å². The van der Waals surface area contributed by atoms with Crippen molar-refractivity contribution in [1.82, 2.24) is 9.80 Å². The molecule has 0 aromatic carbocycles. The fraction of sp³-hybridized carbons (Fsp3) is 0.938. The first kappa shape index (κ1) is 17.7. The summed E-state index contributed by atoms with van der Waals surface area (Å²) in [6, 6.07) is -0.159. The van der Waals surface area contributed by atoms with Crippen LogP contribution < -0.4 is 0 Å². The average Bonchev–Trinajstić information content (AvgIpc) is 2.50. The number of aliphatic hydroxyl groups excluding tert-OH is 3. The Labute approximate surface area is 132 Å². The summed E-state index contributed by atoms with van der Waals surface area (Å²) in [5.74, 6) is 0.734. The van der Waals surface area contributed by atoms with Crippen LogP contribution >= 0.6 is 0 Å². The average molecular weight is 314 g/mol. The maximum absolute atomic E-state index is 12.0. The molecule has 2 rings (SSSR count). The third kappa shape index (κ3) is 3.79. The zero-order valence-corrected chi connectivity index (χ0v) is 13.9. The van der Waals surface area contributed by atoms with Crippen molar-refractivity contribution in [1.29, 1.82) is 0 Å². The Bertz CT molecular complexity index is 382. The fourth-order valence-electron chi connectivity index (χ4n) is 3.52. The largest absolute Gasteiger partial charge is 0.389 e.